The highest BCUT2D eigenvalue weighted by molar-refractivity contribution is 7.86. The van der Waals surface area contributed by atoms with E-state index in [1.54, 1.807) is 0 Å². The molecule has 0 radical (unpaired) electrons. The van der Waals surface area contributed by atoms with E-state index in [1.165, 1.54) is 11.6 Å². The van der Waals surface area contributed by atoms with Crippen molar-refractivity contribution in [2.75, 3.05) is 0 Å². The number of hydrogen-bond acceptors (Lipinski definition) is 3. The molecular formula is C7H11FN2O2S. The molecule has 0 aliphatic rings. The Morgan fingerprint density at radius 3 is 2.31 bits per heavy atom. The van der Waals surface area contributed by atoms with Gasteiger partial charge in [-0.1, -0.05) is 0 Å². The third kappa shape index (κ3) is 1.88. The van der Waals surface area contributed by atoms with Crippen molar-refractivity contribution >= 4 is 10.2 Å². The molecule has 74 valence electrons. The molecule has 6 heteroatoms. The minimum Gasteiger partial charge on any atom is -0.266 e. The molecule has 4 nitrogen and oxygen atoms in total. The molecule has 0 saturated heterocycles. The second-order valence-electron chi connectivity index (χ2n) is 3.07. The molecule has 1 aromatic rings. The van der Waals surface area contributed by atoms with Crippen LogP contribution < -0.4 is 0 Å². The minimum absolute atomic E-state index is 0.0236. The quantitative estimate of drug-likeness (QED) is 0.688. The maximum absolute atomic E-state index is 12.6. The summed E-state index contributed by atoms with van der Waals surface area (Å²) in [5.41, 5.74) is 0.331. The molecule has 0 bridgehead atoms. The lowest BCUT2D eigenvalue weighted by molar-refractivity contribution is 0.515. The van der Waals surface area contributed by atoms with Crippen LogP contribution in [-0.2, 0) is 10.2 Å². The van der Waals surface area contributed by atoms with E-state index in [2.05, 4.69) is 5.10 Å². The SMILES string of the molecule is Cc1c(S(=O)(=O)F)cnn1C(C)C. The maximum atomic E-state index is 12.6. The summed E-state index contributed by atoms with van der Waals surface area (Å²) >= 11 is 0. The topological polar surface area (TPSA) is 52.0 Å². The molecular weight excluding hydrogens is 195 g/mol. The zero-order chi connectivity index (χ0) is 10.2. The van der Waals surface area contributed by atoms with Gasteiger partial charge in [-0.05, 0) is 20.8 Å². The van der Waals surface area contributed by atoms with Crippen molar-refractivity contribution in [2.24, 2.45) is 0 Å². The molecule has 0 spiro atoms. The number of aromatic nitrogens is 2. The Labute approximate surface area is 76.6 Å². The van der Waals surface area contributed by atoms with E-state index in [-0.39, 0.29) is 10.9 Å². The summed E-state index contributed by atoms with van der Waals surface area (Å²) in [5.74, 6) is 0. The van der Waals surface area contributed by atoms with Crippen molar-refractivity contribution in [1.82, 2.24) is 9.78 Å². The van der Waals surface area contributed by atoms with Crippen LogP contribution in [0.4, 0.5) is 3.89 Å². The smallest absolute Gasteiger partial charge is 0.266 e. The van der Waals surface area contributed by atoms with Gasteiger partial charge in [0.05, 0.1) is 11.9 Å². The Morgan fingerprint density at radius 1 is 1.54 bits per heavy atom. The molecule has 13 heavy (non-hydrogen) atoms. The molecule has 0 amide bonds. The number of hydrogen-bond donors (Lipinski definition) is 0. The van der Waals surface area contributed by atoms with Gasteiger partial charge in [0.1, 0.15) is 4.90 Å². The lowest BCUT2D eigenvalue weighted by atomic mass is 10.4. The standard InChI is InChI=1S/C7H11FN2O2S/c1-5(2)10-6(3)7(4-9-10)13(8,11)12/h4-5H,1-3H3. The van der Waals surface area contributed by atoms with Crippen LogP contribution in [0.3, 0.4) is 0 Å². The van der Waals surface area contributed by atoms with Gasteiger partial charge in [-0.2, -0.15) is 13.5 Å². The maximum Gasteiger partial charge on any atom is 0.335 e. The van der Waals surface area contributed by atoms with Crippen molar-refractivity contribution in [3.05, 3.63) is 11.9 Å². The van der Waals surface area contributed by atoms with Crippen LogP contribution in [0.2, 0.25) is 0 Å². The molecule has 0 aromatic carbocycles. The first-order valence-electron chi connectivity index (χ1n) is 3.83. The summed E-state index contributed by atoms with van der Waals surface area (Å²) in [4.78, 5) is -0.346. The van der Waals surface area contributed by atoms with E-state index >= 15 is 0 Å². The Morgan fingerprint density at radius 2 is 2.08 bits per heavy atom. The second-order valence-corrected chi connectivity index (χ2v) is 4.39. The van der Waals surface area contributed by atoms with Gasteiger partial charge in [0.25, 0.3) is 0 Å². The summed E-state index contributed by atoms with van der Waals surface area (Å²) in [6, 6.07) is 0.0236. The lowest BCUT2D eigenvalue weighted by Crippen LogP contribution is -2.05. The Balaban J connectivity index is 3.30. The van der Waals surface area contributed by atoms with E-state index in [4.69, 9.17) is 0 Å². The normalized spacial score (nSPS) is 12.4. The van der Waals surface area contributed by atoms with Gasteiger partial charge in [0.2, 0.25) is 0 Å². The van der Waals surface area contributed by atoms with Crippen molar-refractivity contribution in [1.29, 1.82) is 0 Å². The third-order valence-electron chi connectivity index (χ3n) is 1.75. The minimum atomic E-state index is -4.63. The van der Waals surface area contributed by atoms with Crippen molar-refractivity contribution in [3.8, 4) is 0 Å². The molecule has 1 rings (SSSR count). The monoisotopic (exact) mass is 206 g/mol. The Kier molecular flexibility index (Phi) is 2.42. The summed E-state index contributed by atoms with van der Waals surface area (Å²) in [6.45, 7) is 5.21. The van der Waals surface area contributed by atoms with Crippen LogP contribution in [0.1, 0.15) is 25.6 Å². The molecule has 0 N–H and O–H groups in total. The number of nitrogens with zero attached hydrogens (tertiary/aromatic N) is 2. The highest BCUT2D eigenvalue weighted by Gasteiger charge is 2.20. The van der Waals surface area contributed by atoms with E-state index in [9.17, 15) is 12.3 Å². The second kappa shape index (κ2) is 3.10. The lowest BCUT2D eigenvalue weighted by Gasteiger charge is -2.07. The fourth-order valence-corrected chi connectivity index (χ4v) is 1.79. The van der Waals surface area contributed by atoms with Gasteiger partial charge in [0.15, 0.2) is 0 Å². The Bertz CT molecular complexity index is 408. The number of rotatable bonds is 2. The van der Waals surface area contributed by atoms with E-state index < -0.39 is 10.2 Å². The van der Waals surface area contributed by atoms with Gasteiger partial charge in [0, 0.05) is 6.04 Å². The predicted molar refractivity (Wildman–Crippen MR) is 45.6 cm³/mol. The third-order valence-corrected chi connectivity index (χ3v) is 2.68. The van der Waals surface area contributed by atoms with Crippen molar-refractivity contribution in [3.63, 3.8) is 0 Å². The van der Waals surface area contributed by atoms with Crippen LogP contribution in [-0.4, -0.2) is 18.2 Å². The van der Waals surface area contributed by atoms with E-state index in [0.29, 0.717) is 5.69 Å². The van der Waals surface area contributed by atoms with Crippen LogP contribution in [0.5, 0.6) is 0 Å². The van der Waals surface area contributed by atoms with Crippen molar-refractivity contribution < 1.29 is 12.3 Å². The van der Waals surface area contributed by atoms with Gasteiger partial charge >= 0.3 is 10.2 Å². The fourth-order valence-electron chi connectivity index (χ4n) is 1.17. The van der Waals surface area contributed by atoms with Crippen LogP contribution >= 0.6 is 0 Å². The summed E-state index contributed by atoms with van der Waals surface area (Å²) < 4.78 is 35.2. The highest BCUT2D eigenvalue weighted by Crippen LogP contribution is 2.19. The molecule has 0 unspecified atom stereocenters. The average Bonchev–Trinajstić information content (AvgIpc) is 2.28. The zero-order valence-electron chi connectivity index (χ0n) is 7.65. The average molecular weight is 206 g/mol. The molecule has 1 aromatic heterocycles. The molecule has 1 heterocycles. The number of halogens is 1. The van der Waals surface area contributed by atoms with Crippen molar-refractivity contribution in [2.45, 2.75) is 31.7 Å². The van der Waals surface area contributed by atoms with E-state index in [0.717, 1.165) is 6.20 Å². The molecule has 0 aliphatic heterocycles. The highest BCUT2D eigenvalue weighted by atomic mass is 32.3. The molecule has 0 saturated carbocycles. The van der Waals surface area contributed by atoms with Crippen LogP contribution in [0, 0.1) is 6.92 Å². The predicted octanol–water partition coefficient (Wildman–Crippen LogP) is 1.43. The van der Waals surface area contributed by atoms with Crippen LogP contribution in [0.25, 0.3) is 0 Å². The van der Waals surface area contributed by atoms with Crippen LogP contribution in [0.15, 0.2) is 11.1 Å². The largest absolute Gasteiger partial charge is 0.335 e. The molecule has 0 fully saturated rings. The van der Waals surface area contributed by atoms with Gasteiger partial charge in [-0.15, -0.1) is 3.89 Å². The van der Waals surface area contributed by atoms with E-state index in [1.807, 2.05) is 13.8 Å². The fraction of sp³-hybridized carbons (Fsp3) is 0.571. The first-order valence-corrected chi connectivity index (χ1v) is 5.21. The summed E-state index contributed by atoms with van der Waals surface area (Å²) in [5, 5.41) is 3.78. The van der Waals surface area contributed by atoms with Gasteiger partial charge in [-0.3, -0.25) is 4.68 Å². The first-order chi connectivity index (χ1) is 5.84. The molecule has 0 atom stereocenters. The van der Waals surface area contributed by atoms with Gasteiger partial charge in [-0.25, -0.2) is 0 Å². The first kappa shape index (κ1) is 10.2. The Hall–Kier alpha value is -0.910. The summed E-state index contributed by atoms with van der Waals surface area (Å²) in [7, 11) is -4.63. The summed E-state index contributed by atoms with van der Waals surface area (Å²) in [6.07, 6.45) is 1.03. The zero-order valence-corrected chi connectivity index (χ0v) is 8.47. The van der Waals surface area contributed by atoms with Gasteiger partial charge < -0.3 is 0 Å². The molecule has 0 aliphatic carbocycles.